The highest BCUT2D eigenvalue weighted by molar-refractivity contribution is 5.88. The first kappa shape index (κ1) is 28.7. The molecule has 4 aliphatic rings. The van der Waals surface area contributed by atoms with E-state index in [-0.39, 0.29) is 17.2 Å². The maximum Gasteiger partial charge on any atom is 0.276 e. The molecule has 8 bridgehead atoms. The summed E-state index contributed by atoms with van der Waals surface area (Å²) in [4.78, 5) is 25.3. The van der Waals surface area contributed by atoms with Crippen molar-refractivity contribution in [3.8, 4) is 6.07 Å². The Balaban J connectivity index is 1.43. The zero-order chi connectivity index (χ0) is 29.5. The summed E-state index contributed by atoms with van der Waals surface area (Å²) in [7, 11) is 0. The van der Waals surface area contributed by atoms with Crippen LogP contribution in [0.3, 0.4) is 0 Å². The van der Waals surface area contributed by atoms with Crippen LogP contribution in [0, 0.1) is 24.2 Å². The number of aryl methyl sites for hydroxylation is 2. The van der Waals surface area contributed by atoms with Crippen LogP contribution < -0.4 is 10.9 Å². The van der Waals surface area contributed by atoms with Gasteiger partial charge in [0.25, 0.3) is 11.5 Å². The Morgan fingerprint density at radius 1 is 1.07 bits per heavy atom. The van der Waals surface area contributed by atoms with Gasteiger partial charge in [0.2, 0.25) is 0 Å². The maximum atomic E-state index is 15.8. The van der Waals surface area contributed by atoms with Gasteiger partial charge in [-0.15, -0.1) is 0 Å². The van der Waals surface area contributed by atoms with Crippen LogP contribution in [0.15, 0.2) is 35.1 Å². The van der Waals surface area contributed by atoms with Crippen LogP contribution in [0.1, 0.15) is 74.0 Å². The molecule has 2 aromatic heterocycles. The molecule has 0 amide bonds. The quantitative estimate of drug-likeness (QED) is 0.412. The van der Waals surface area contributed by atoms with E-state index in [4.69, 9.17) is 4.74 Å². The van der Waals surface area contributed by atoms with Crippen LogP contribution in [-0.2, 0) is 22.6 Å². The third-order valence-corrected chi connectivity index (χ3v) is 9.23. The molecule has 0 radical (unpaired) electrons. The fourth-order valence-corrected chi connectivity index (χ4v) is 6.41. The molecule has 1 saturated heterocycles. The predicted molar refractivity (Wildman–Crippen MR) is 157 cm³/mol. The van der Waals surface area contributed by atoms with Crippen LogP contribution in [-0.4, -0.2) is 52.3 Å². The van der Waals surface area contributed by atoms with Crippen molar-refractivity contribution in [1.82, 2.24) is 19.4 Å². The Morgan fingerprint density at radius 3 is 2.60 bits per heavy atom. The number of ether oxygens (including phenoxy) is 1. The van der Waals surface area contributed by atoms with Gasteiger partial charge in [-0.2, -0.15) is 5.26 Å². The fourth-order valence-electron chi connectivity index (χ4n) is 6.41. The number of piperidine rings is 1. The van der Waals surface area contributed by atoms with E-state index in [1.807, 2.05) is 13.0 Å². The highest BCUT2D eigenvalue weighted by Gasteiger charge is 2.47. The van der Waals surface area contributed by atoms with E-state index in [0.29, 0.717) is 93.2 Å². The second-order valence-corrected chi connectivity index (χ2v) is 12.1. The number of nitrogens with one attached hydrogen (secondary N) is 1. The monoisotopic (exact) mass is 576 g/mol. The minimum Gasteiger partial charge on any atom is -0.380 e. The molecule has 0 unspecified atom stereocenters. The van der Waals surface area contributed by atoms with Gasteiger partial charge in [0.15, 0.2) is 0 Å². The highest BCUT2D eigenvalue weighted by Crippen LogP contribution is 2.47. The number of anilines is 1. The maximum absolute atomic E-state index is 15.8. The van der Waals surface area contributed by atoms with Crippen molar-refractivity contribution in [2.75, 3.05) is 38.2 Å². The van der Waals surface area contributed by atoms with E-state index >= 15 is 8.78 Å². The van der Waals surface area contributed by atoms with Crippen molar-refractivity contribution in [3.05, 3.63) is 63.2 Å². The van der Waals surface area contributed by atoms with Gasteiger partial charge in [0.05, 0.1) is 23.5 Å². The number of hydrogen-bond donors (Lipinski definition) is 1. The molecule has 42 heavy (non-hydrogen) atoms. The van der Waals surface area contributed by atoms with Crippen LogP contribution in [0.25, 0.3) is 11.0 Å². The van der Waals surface area contributed by atoms with Gasteiger partial charge in [-0.05, 0) is 83.2 Å². The second-order valence-electron chi connectivity index (χ2n) is 12.1. The number of hydrogen-bond acceptors (Lipinski definition) is 7. The van der Waals surface area contributed by atoms with Crippen molar-refractivity contribution < 1.29 is 13.5 Å². The van der Waals surface area contributed by atoms with Crippen LogP contribution in [0.2, 0.25) is 0 Å². The van der Waals surface area contributed by atoms with E-state index in [2.05, 4.69) is 26.3 Å². The summed E-state index contributed by atoms with van der Waals surface area (Å²) in [6.45, 7) is 7.23. The fraction of sp³-hybridized carbons (Fsp3) is 0.562. The lowest BCUT2D eigenvalue weighted by molar-refractivity contribution is -0.0866. The standard InChI is InChI=1S/C32H38F2N6O2/c1-21-23-6-5-7-25(18-23)32(33,34)24-8-13-39(14-9-24)15-17-42-16-4-3-12-40-29-26(28(36-21)37-22(2)38-29)19-27(30(40)41)31(20-35)10-11-31/h5-7,18-19,21,24H,3-4,8-17H2,1-2H3,(H,36,37,38)/t21-/m1/s1. The number of halogens is 2. The summed E-state index contributed by atoms with van der Waals surface area (Å²) < 4.78 is 39.1. The van der Waals surface area contributed by atoms with Gasteiger partial charge < -0.3 is 15.0 Å². The molecule has 5 heterocycles. The lowest BCUT2D eigenvalue weighted by atomic mass is 9.85. The zero-order valence-corrected chi connectivity index (χ0v) is 24.3. The van der Waals surface area contributed by atoms with E-state index in [1.54, 1.807) is 29.7 Å². The molecule has 3 aromatic rings. The summed E-state index contributed by atoms with van der Waals surface area (Å²) in [5.41, 5.74) is 0.770. The molecule has 1 atom stereocenters. The predicted octanol–water partition coefficient (Wildman–Crippen LogP) is 5.44. The average Bonchev–Trinajstić information content (AvgIpc) is 3.78. The van der Waals surface area contributed by atoms with E-state index < -0.39 is 17.3 Å². The second kappa shape index (κ2) is 11.3. The third kappa shape index (κ3) is 5.40. The van der Waals surface area contributed by atoms with Gasteiger partial charge >= 0.3 is 0 Å². The van der Waals surface area contributed by atoms with Crippen molar-refractivity contribution >= 4 is 16.9 Å². The molecule has 1 N–H and O–H groups in total. The number of pyridine rings is 1. The zero-order valence-electron chi connectivity index (χ0n) is 24.3. The number of fused-ring (bicyclic) bond motifs is 9. The Kier molecular flexibility index (Phi) is 7.75. The van der Waals surface area contributed by atoms with Gasteiger partial charge in [-0.25, -0.2) is 18.7 Å². The van der Waals surface area contributed by atoms with Crippen molar-refractivity contribution in [2.45, 2.75) is 76.3 Å². The van der Waals surface area contributed by atoms with Gasteiger partial charge in [0.1, 0.15) is 17.3 Å². The van der Waals surface area contributed by atoms with Crippen molar-refractivity contribution in [2.24, 2.45) is 5.92 Å². The molecule has 8 nitrogen and oxygen atoms in total. The molecule has 2 fully saturated rings. The van der Waals surface area contributed by atoms with Crippen molar-refractivity contribution in [1.29, 1.82) is 5.26 Å². The topological polar surface area (TPSA) is 96.1 Å². The summed E-state index contributed by atoms with van der Waals surface area (Å²) in [5.74, 6) is -2.63. The number of alkyl halides is 2. The van der Waals surface area contributed by atoms with Crippen LogP contribution >= 0.6 is 0 Å². The molecular formula is C32H38F2N6O2. The number of rotatable bonds is 1. The molecule has 7 rings (SSSR count). The summed E-state index contributed by atoms with van der Waals surface area (Å²) in [6, 6.07) is 10.5. The van der Waals surface area contributed by atoms with E-state index in [9.17, 15) is 10.1 Å². The first-order valence-electron chi connectivity index (χ1n) is 15.1. The number of benzene rings is 1. The third-order valence-electron chi connectivity index (χ3n) is 9.23. The minimum absolute atomic E-state index is 0.0332. The van der Waals surface area contributed by atoms with Gasteiger partial charge in [0, 0.05) is 42.8 Å². The summed E-state index contributed by atoms with van der Waals surface area (Å²) in [6.07, 6.45) is 3.65. The summed E-state index contributed by atoms with van der Waals surface area (Å²) >= 11 is 0. The van der Waals surface area contributed by atoms with E-state index in [0.717, 1.165) is 18.5 Å². The van der Waals surface area contributed by atoms with E-state index in [1.165, 1.54) is 6.07 Å². The molecule has 1 saturated carbocycles. The summed E-state index contributed by atoms with van der Waals surface area (Å²) in [5, 5.41) is 14.0. The smallest absolute Gasteiger partial charge is 0.276 e. The van der Waals surface area contributed by atoms with Crippen LogP contribution in [0.4, 0.5) is 14.6 Å². The lowest BCUT2D eigenvalue weighted by Crippen LogP contribution is -2.41. The normalized spacial score (nSPS) is 25.7. The average molecular weight is 577 g/mol. The lowest BCUT2D eigenvalue weighted by Gasteiger charge is -2.36. The number of nitriles is 1. The first-order chi connectivity index (χ1) is 20.2. The van der Waals surface area contributed by atoms with Gasteiger partial charge in [-0.3, -0.25) is 9.36 Å². The molecular weight excluding hydrogens is 538 g/mol. The Labute approximate surface area is 244 Å². The molecule has 0 spiro atoms. The molecule has 1 aromatic carbocycles. The Morgan fingerprint density at radius 2 is 1.86 bits per heavy atom. The minimum atomic E-state index is -2.93. The van der Waals surface area contributed by atoms with Gasteiger partial charge in [-0.1, -0.05) is 18.2 Å². The number of nitrogens with zero attached hydrogens (tertiary/aromatic N) is 5. The molecule has 10 heteroatoms. The Hall–Kier alpha value is -3.42. The molecule has 3 aliphatic heterocycles. The first-order valence-corrected chi connectivity index (χ1v) is 15.1. The largest absolute Gasteiger partial charge is 0.380 e. The Bertz CT molecular complexity index is 1570. The number of aromatic nitrogens is 3. The SMILES string of the molecule is Cc1nc2c3cc(C4(C#N)CC4)c(=O)n(c3n1)CCCCOCCN1CCC(CC1)C(F)(F)c1cccc(c1)[C@@H](C)N2. The van der Waals surface area contributed by atoms with Crippen molar-refractivity contribution in [3.63, 3.8) is 0 Å². The molecule has 222 valence electrons. The van der Waals surface area contributed by atoms with Crippen LogP contribution in [0.5, 0.6) is 0 Å². The highest BCUT2D eigenvalue weighted by atomic mass is 19.3. The molecule has 1 aliphatic carbocycles.